The molecular formula is C24H22N2O3S. The third-order valence-corrected chi connectivity index (χ3v) is 6.91. The molecule has 0 bridgehead atoms. The van der Waals surface area contributed by atoms with E-state index in [1.807, 2.05) is 18.2 Å². The molecule has 0 saturated carbocycles. The third kappa shape index (κ3) is 3.48. The smallest absolute Gasteiger partial charge is 0.343 e. The average molecular weight is 419 g/mol. The van der Waals surface area contributed by atoms with Gasteiger partial charge in [0, 0.05) is 4.88 Å². The molecule has 0 fully saturated rings. The Kier molecular flexibility index (Phi) is 4.79. The van der Waals surface area contributed by atoms with Crippen molar-refractivity contribution >= 4 is 28.2 Å². The van der Waals surface area contributed by atoms with Crippen molar-refractivity contribution in [3.8, 4) is 5.75 Å². The third-order valence-electron chi connectivity index (χ3n) is 5.72. The molecule has 1 aliphatic carbocycles. The van der Waals surface area contributed by atoms with Gasteiger partial charge in [0.15, 0.2) is 0 Å². The van der Waals surface area contributed by atoms with Crippen LogP contribution in [0.25, 0.3) is 0 Å². The van der Waals surface area contributed by atoms with E-state index in [-0.39, 0.29) is 12.1 Å². The van der Waals surface area contributed by atoms with Gasteiger partial charge in [0.25, 0.3) is 5.91 Å². The molecule has 5 rings (SSSR count). The molecule has 0 spiro atoms. The minimum Gasteiger partial charge on any atom is -0.423 e. The van der Waals surface area contributed by atoms with Crippen LogP contribution >= 0.6 is 11.3 Å². The van der Waals surface area contributed by atoms with Gasteiger partial charge in [0.05, 0.1) is 11.1 Å². The number of rotatable bonds is 3. The Morgan fingerprint density at radius 1 is 1.07 bits per heavy atom. The van der Waals surface area contributed by atoms with Crippen molar-refractivity contribution in [2.24, 2.45) is 5.92 Å². The van der Waals surface area contributed by atoms with E-state index in [1.54, 1.807) is 47.7 Å². The number of esters is 1. The fourth-order valence-corrected chi connectivity index (χ4v) is 5.53. The second-order valence-corrected chi connectivity index (χ2v) is 9.04. The number of hydrogen-bond acceptors (Lipinski definition) is 5. The second-order valence-electron chi connectivity index (χ2n) is 7.93. The first-order valence-corrected chi connectivity index (χ1v) is 11.0. The molecular weight excluding hydrogens is 396 g/mol. The Bertz CT molecular complexity index is 1110. The minimum atomic E-state index is -0.393. The van der Waals surface area contributed by atoms with Gasteiger partial charge in [-0.1, -0.05) is 37.3 Å². The number of amides is 1. The molecule has 2 heterocycles. The van der Waals surface area contributed by atoms with Gasteiger partial charge in [0.2, 0.25) is 0 Å². The van der Waals surface area contributed by atoms with Crippen LogP contribution in [0.2, 0.25) is 0 Å². The molecule has 0 saturated heterocycles. The molecule has 0 unspecified atom stereocenters. The van der Waals surface area contributed by atoms with Crippen molar-refractivity contribution in [3.05, 3.63) is 81.7 Å². The molecule has 1 aliphatic heterocycles. The summed E-state index contributed by atoms with van der Waals surface area (Å²) >= 11 is 1.71. The summed E-state index contributed by atoms with van der Waals surface area (Å²) in [4.78, 5) is 26.4. The van der Waals surface area contributed by atoms with Crippen LogP contribution in [0.3, 0.4) is 0 Å². The number of thiophene rings is 1. The van der Waals surface area contributed by atoms with Crippen molar-refractivity contribution in [3.63, 3.8) is 0 Å². The molecule has 2 aromatic carbocycles. The predicted octanol–water partition coefficient (Wildman–Crippen LogP) is 4.95. The van der Waals surface area contributed by atoms with Crippen molar-refractivity contribution in [1.29, 1.82) is 0 Å². The standard InChI is InChI=1S/C24H22N2O3S/c1-14-7-12-18-19(13-14)30-23-20(18)22(27)25-21(26-23)15-8-10-17(11-9-15)29-24(28)16-5-3-2-4-6-16/h2-6,8-11,14,21,26H,7,12-13H2,1H3,(H,25,27)/t14-,21+/m0/s1. The molecule has 2 atom stereocenters. The van der Waals surface area contributed by atoms with Gasteiger partial charge in [-0.15, -0.1) is 11.3 Å². The van der Waals surface area contributed by atoms with Gasteiger partial charge in [-0.3, -0.25) is 4.79 Å². The molecule has 6 heteroatoms. The lowest BCUT2D eigenvalue weighted by Crippen LogP contribution is -2.38. The van der Waals surface area contributed by atoms with Gasteiger partial charge in [-0.25, -0.2) is 4.79 Å². The van der Waals surface area contributed by atoms with Crippen LogP contribution in [0.5, 0.6) is 5.75 Å². The number of nitrogens with one attached hydrogen (secondary N) is 2. The molecule has 5 nitrogen and oxygen atoms in total. The quantitative estimate of drug-likeness (QED) is 0.467. The van der Waals surface area contributed by atoms with Crippen LogP contribution in [0.4, 0.5) is 5.00 Å². The molecule has 3 aromatic rings. The molecule has 0 radical (unpaired) electrons. The van der Waals surface area contributed by atoms with Crippen LogP contribution in [0.15, 0.2) is 54.6 Å². The lowest BCUT2D eigenvalue weighted by molar-refractivity contribution is 0.0734. The highest BCUT2D eigenvalue weighted by atomic mass is 32.1. The van der Waals surface area contributed by atoms with E-state index in [4.69, 9.17) is 4.74 Å². The molecule has 1 aromatic heterocycles. The number of fused-ring (bicyclic) bond motifs is 3. The highest BCUT2D eigenvalue weighted by molar-refractivity contribution is 7.16. The average Bonchev–Trinajstić information content (AvgIpc) is 3.12. The Morgan fingerprint density at radius 2 is 1.83 bits per heavy atom. The number of hydrogen-bond donors (Lipinski definition) is 2. The zero-order valence-electron chi connectivity index (χ0n) is 16.6. The summed E-state index contributed by atoms with van der Waals surface area (Å²) in [6.07, 6.45) is 2.86. The normalized spacial score (nSPS) is 19.8. The zero-order valence-corrected chi connectivity index (χ0v) is 17.4. The SMILES string of the molecule is C[C@H]1CCc2c(sc3c2C(=O)N[C@@H](c2ccc(OC(=O)c4ccccc4)cc2)N3)C1. The first-order chi connectivity index (χ1) is 14.6. The van der Waals surface area contributed by atoms with Crippen LogP contribution in [0, 0.1) is 5.92 Å². The molecule has 2 N–H and O–H groups in total. The van der Waals surface area contributed by atoms with Crippen molar-refractivity contribution in [1.82, 2.24) is 5.32 Å². The number of benzene rings is 2. The van der Waals surface area contributed by atoms with E-state index in [0.29, 0.717) is 17.2 Å². The maximum atomic E-state index is 12.8. The van der Waals surface area contributed by atoms with Crippen LogP contribution in [0.1, 0.15) is 56.2 Å². The summed E-state index contributed by atoms with van der Waals surface area (Å²) in [5.74, 6) is 0.731. The molecule has 2 aliphatic rings. The van der Waals surface area contributed by atoms with E-state index in [0.717, 1.165) is 35.4 Å². The van der Waals surface area contributed by atoms with Crippen LogP contribution < -0.4 is 15.4 Å². The Morgan fingerprint density at radius 3 is 2.60 bits per heavy atom. The second kappa shape index (κ2) is 7.61. The number of carbonyl (C=O) groups excluding carboxylic acids is 2. The summed E-state index contributed by atoms with van der Waals surface area (Å²) in [5.41, 5.74) is 3.46. The maximum absolute atomic E-state index is 12.8. The first kappa shape index (κ1) is 18.9. The monoisotopic (exact) mass is 418 g/mol. The maximum Gasteiger partial charge on any atom is 0.343 e. The van der Waals surface area contributed by atoms with E-state index >= 15 is 0 Å². The van der Waals surface area contributed by atoms with Crippen molar-refractivity contribution < 1.29 is 14.3 Å². The van der Waals surface area contributed by atoms with E-state index < -0.39 is 5.97 Å². The highest BCUT2D eigenvalue weighted by Gasteiger charge is 2.33. The Balaban J connectivity index is 1.32. The van der Waals surface area contributed by atoms with Gasteiger partial charge in [-0.2, -0.15) is 0 Å². The summed E-state index contributed by atoms with van der Waals surface area (Å²) in [6.45, 7) is 2.27. The van der Waals surface area contributed by atoms with Crippen molar-refractivity contribution in [2.45, 2.75) is 32.4 Å². The van der Waals surface area contributed by atoms with Gasteiger partial charge in [0.1, 0.15) is 16.9 Å². The lowest BCUT2D eigenvalue weighted by Gasteiger charge is -2.27. The number of anilines is 1. The number of ether oxygens (including phenoxy) is 1. The minimum absolute atomic E-state index is 0.0135. The summed E-state index contributed by atoms with van der Waals surface area (Å²) in [5, 5.41) is 7.51. The topological polar surface area (TPSA) is 67.4 Å². The van der Waals surface area contributed by atoms with E-state index in [2.05, 4.69) is 17.6 Å². The number of carbonyl (C=O) groups is 2. The lowest BCUT2D eigenvalue weighted by atomic mass is 9.88. The van der Waals surface area contributed by atoms with Gasteiger partial charge >= 0.3 is 5.97 Å². The highest BCUT2D eigenvalue weighted by Crippen LogP contribution is 2.42. The van der Waals surface area contributed by atoms with E-state index in [9.17, 15) is 9.59 Å². The van der Waals surface area contributed by atoms with Crippen LogP contribution in [-0.2, 0) is 12.8 Å². The predicted molar refractivity (Wildman–Crippen MR) is 117 cm³/mol. The molecule has 1 amide bonds. The Hall–Kier alpha value is -3.12. The van der Waals surface area contributed by atoms with Gasteiger partial charge in [-0.05, 0) is 60.6 Å². The summed E-state index contributed by atoms with van der Waals surface area (Å²) < 4.78 is 5.44. The van der Waals surface area contributed by atoms with E-state index in [1.165, 1.54) is 10.4 Å². The molecule has 30 heavy (non-hydrogen) atoms. The van der Waals surface area contributed by atoms with Gasteiger partial charge < -0.3 is 15.4 Å². The zero-order chi connectivity index (χ0) is 20.7. The Labute approximate surface area is 179 Å². The summed E-state index contributed by atoms with van der Waals surface area (Å²) in [6, 6.07) is 16.1. The first-order valence-electron chi connectivity index (χ1n) is 10.2. The van der Waals surface area contributed by atoms with Crippen molar-refractivity contribution in [2.75, 3.05) is 5.32 Å². The summed E-state index contributed by atoms with van der Waals surface area (Å²) in [7, 11) is 0. The fourth-order valence-electron chi connectivity index (χ4n) is 4.10. The fraction of sp³-hybridized carbons (Fsp3) is 0.250. The molecule has 152 valence electrons. The largest absolute Gasteiger partial charge is 0.423 e. The van der Waals surface area contributed by atoms with Crippen LogP contribution in [-0.4, -0.2) is 11.9 Å².